The van der Waals surface area contributed by atoms with E-state index >= 15 is 0 Å². The molecule has 2 amide bonds. The zero-order chi connectivity index (χ0) is 30.3. The average molecular weight is 576 g/mol. The Morgan fingerprint density at radius 1 is 0.881 bits per heavy atom. The van der Waals surface area contributed by atoms with Crippen LogP contribution >= 0.6 is 0 Å². The van der Waals surface area contributed by atoms with Crippen LogP contribution in [-0.2, 0) is 17.9 Å². The number of carbonyl (C=O) groups excluding carboxylic acids is 2. The Morgan fingerprint density at radius 2 is 1.60 bits per heavy atom. The van der Waals surface area contributed by atoms with Gasteiger partial charge in [0, 0.05) is 18.3 Å². The Balaban J connectivity index is 1.75. The summed E-state index contributed by atoms with van der Waals surface area (Å²) in [5, 5.41) is 3.01. The van der Waals surface area contributed by atoms with Gasteiger partial charge in [0.05, 0.1) is 19.3 Å². The van der Waals surface area contributed by atoms with Gasteiger partial charge in [-0.25, -0.2) is 9.59 Å². The Bertz CT molecular complexity index is 1250. The zero-order valence-corrected chi connectivity index (χ0v) is 25.6. The number of benzene rings is 3. The van der Waals surface area contributed by atoms with Gasteiger partial charge < -0.3 is 29.3 Å². The van der Waals surface area contributed by atoms with Crippen LogP contribution in [0.4, 0.5) is 10.5 Å². The fraction of sp³-hybridized carbons (Fsp3) is 0.412. The van der Waals surface area contributed by atoms with E-state index in [9.17, 15) is 9.59 Å². The summed E-state index contributed by atoms with van der Waals surface area (Å²) >= 11 is 0. The minimum atomic E-state index is -0.385. The highest BCUT2D eigenvalue weighted by Gasteiger charge is 2.22. The molecule has 0 saturated heterocycles. The van der Waals surface area contributed by atoms with Gasteiger partial charge in [0.1, 0.15) is 6.61 Å². The van der Waals surface area contributed by atoms with Crippen molar-refractivity contribution < 1.29 is 23.8 Å². The standard InChI is InChI=1S/C34H45N3O5/c1-6-36(7-2)22-12-13-26(4)37(34(39)35-30-19-17-29(18-20-30)33(38)41-8-3)24-28-16-21-31(32(23-28)40-5)42-25-27-14-10-9-11-15-27/h9-11,14-21,23,26H,6-8,12-13,22,24-25H2,1-5H3,(H,35,39). The van der Waals surface area contributed by atoms with Crippen LogP contribution < -0.4 is 14.8 Å². The lowest BCUT2D eigenvalue weighted by Crippen LogP contribution is -2.41. The minimum Gasteiger partial charge on any atom is -0.493 e. The molecule has 3 rings (SSSR count). The molecule has 3 aromatic rings. The zero-order valence-electron chi connectivity index (χ0n) is 25.6. The molecule has 8 heteroatoms. The van der Waals surface area contributed by atoms with Crippen LogP contribution in [0.15, 0.2) is 72.8 Å². The second kappa shape index (κ2) is 17.0. The van der Waals surface area contributed by atoms with Gasteiger partial charge in [0.15, 0.2) is 11.5 Å². The molecular weight excluding hydrogens is 530 g/mol. The first-order valence-electron chi connectivity index (χ1n) is 14.8. The molecule has 0 aliphatic rings. The van der Waals surface area contributed by atoms with Gasteiger partial charge in [-0.1, -0.05) is 50.2 Å². The van der Waals surface area contributed by atoms with Crippen molar-refractivity contribution in [2.45, 2.75) is 59.7 Å². The third-order valence-corrected chi connectivity index (χ3v) is 7.25. The van der Waals surface area contributed by atoms with Crippen molar-refractivity contribution in [3.63, 3.8) is 0 Å². The second-order valence-corrected chi connectivity index (χ2v) is 10.1. The van der Waals surface area contributed by atoms with Crippen LogP contribution in [0, 0.1) is 0 Å². The van der Waals surface area contributed by atoms with E-state index in [4.69, 9.17) is 14.2 Å². The Morgan fingerprint density at radius 3 is 2.24 bits per heavy atom. The highest BCUT2D eigenvalue weighted by atomic mass is 16.5. The van der Waals surface area contributed by atoms with Crippen molar-refractivity contribution in [2.75, 3.05) is 38.7 Å². The van der Waals surface area contributed by atoms with E-state index in [0.29, 0.717) is 42.5 Å². The quantitative estimate of drug-likeness (QED) is 0.185. The second-order valence-electron chi connectivity index (χ2n) is 10.1. The SMILES string of the molecule is CCOC(=O)c1ccc(NC(=O)N(Cc2ccc(OCc3ccccc3)c(OC)c2)C(C)CCCN(CC)CC)cc1. The predicted octanol–water partition coefficient (Wildman–Crippen LogP) is 7.00. The first-order valence-corrected chi connectivity index (χ1v) is 14.8. The van der Waals surface area contributed by atoms with E-state index < -0.39 is 0 Å². The van der Waals surface area contributed by atoms with Crippen LogP contribution in [-0.4, -0.2) is 61.2 Å². The van der Waals surface area contributed by atoms with Crippen molar-refractivity contribution in [1.82, 2.24) is 9.80 Å². The summed E-state index contributed by atoms with van der Waals surface area (Å²) in [4.78, 5) is 29.9. The van der Waals surface area contributed by atoms with E-state index in [1.165, 1.54) is 0 Å². The molecule has 8 nitrogen and oxygen atoms in total. The van der Waals surface area contributed by atoms with Gasteiger partial charge in [-0.05, 0) is 93.8 Å². The smallest absolute Gasteiger partial charge is 0.338 e. The lowest BCUT2D eigenvalue weighted by atomic mass is 10.1. The summed E-state index contributed by atoms with van der Waals surface area (Å²) in [7, 11) is 1.62. The van der Waals surface area contributed by atoms with E-state index in [1.54, 1.807) is 38.3 Å². The summed E-state index contributed by atoms with van der Waals surface area (Å²) in [6.45, 7) is 12.3. The largest absolute Gasteiger partial charge is 0.493 e. The number of hydrogen-bond donors (Lipinski definition) is 1. The molecule has 0 bridgehead atoms. The summed E-state index contributed by atoms with van der Waals surface area (Å²) in [6, 6.07) is 22.3. The van der Waals surface area contributed by atoms with Crippen molar-refractivity contribution in [3.8, 4) is 11.5 Å². The number of nitrogens with zero attached hydrogens (tertiary/aromatic N) is 2. The molecule has 0 fully saturated rings. The predicted molar refractivity (Wildman–Crippen MR) is 167 cm³/mol. The number of nitrogens with one attached hydrogen (secondary N) is 1. The summed E-state index contributed by atoms with van der Waals surface area (Å²) in [5.41, 5.74) is 3.05. The molecule has 1 atom stereocenters. The highest BCUT2D eigenvalue weighted by molar-refractivity contribution is 5.92. The molecule has 0 aromatic heterocycles. The number of methoxy groups -OCH3 is 1. The maximum absolute atomic E-state index is 13.6. The summed E-state index contributed by atoms with van der Waals surface area (Å²) in [5.74, 6) is 0.881. The Kier molecular flexibility index (Phi) is 13.2. The molecule has 3 aromatic carbocycles. The number of hydrogen-bond acceptors (Lipinski definition) is 6. The van der Waals surface area contributed by atoms with Gasteiger partial charge in [0.25, 0.3) is 0 Å². The molecule has 0 aliphatic carbocycles. The van der Waals surface area contributed by atoms with Crippen LogP contribution in [0.3, 0.4) is 0 Å². The van der Waals surface area contributed by atoms with Crippen LogP contribution in [0.1, 0.15) is 62.0 Å². The summed E-state index contributed by atoms with van der Waals surface area (Å²) in [6.07, 6.45) is 1.84. The molecule has 0 radical (unpaired) electrons. The number of esters is 1. The molecule has 226 valence electrons. The number of amides is 2. The number of ether oxygens (including phenoxy) is 3. The monoisotopic (exact) mass is 575 g/mol. The average Bonchev–Trinajstić information content (AvgIpc) is 3.02. The third kappa shape index (κ3) is 9.80. The number of carbonyl (C=O) groups is 2. The van der Waals surface area contributed by atoms with Crippen molar-refractivity contribution in [3.05, 3.63) is 89.5 Å². The number of urea groups is 1. The molecule has 1 N–H and O–H groups in total. The van der Waals surface area contributed by atoms with Gasteiger partial charge in [0.2, 0.25) is 0 Å². The molecule has 42 heavy (non-hydrogen) atoms. The maximum Gasteiger partial charge on any atom is 0.338 e. The lowest BCUT2D eigenvalue weighted by Gasteiger charge is -2.30. The van der Waals surface area contributed by atoms with Crippen molar-refractivity contribution >= 4 is 17.7 Å². The number of rotatable bonds is 16. The summed E-state index contributed by atoms with van der Waals surface area (Å²) < 4.78 is 16.7. The van der Waals surface area contributed by atoms with Gasteiger partial charge >= 0.3 is 12.0 Å². The molecule has 0 aliphatic heterocycles. The fourth-order valence-electron chi connectivity index (χ4n) is 4.69. The van der Waals surface area contributed by atoms with Crippen molar-refractivity contribution in [1.29, 1.82) is 0 Å². The molecule has 0 saturated carbocycles. The normalized spacial score (nSPS) is 11.6. The first kappa shape index (κ1) is 32.5. The Hall–Kier alpha value is -4.04. The topological polar surface area (TPSA) is 80.3 Å². The Labute approximate surface area is 250 Å². The van der Waals surface area contributed by atoms with Crippen LogP contribution in [0.2, 0.25) is 0 Å². The molecule has 1 unspecified atom stereocenters. The molecular formula is C34H45N3O5. The maximum atomic E-state index is 13.6. The van der Waals surface area contributed by atoms with Gasteiger partial charge in [-0.2, -0.15) is 0 Å². The lowest BCUT2D eigenvalue weighted by molar-refractivity contribution is 0.0526. The van der Waals surface area contributed by atoms with E-state index in [-0.39, 0.29) is 18.0 Å². The molecule has 0 heterocycles. The van der Waals surface area contributed by atoms with E-state index in [0.717, 1.165) is 43.6 Å². The minimum absolute atomic E-state index is 0.0145. The van der Waals surface area contributed by atoms with Crippen LogP contribution in [0.25, 0.3) is 0 Å². The van der Waals surface area contributed by atoms with E-state index in [2.05, 4.69) is 31.0 Å². The van der Waals surface area contributed by atoms with Crippen LogP contribution in [0.5, 0.6) is 11.5 Å². The number of anilines is 1. The van der Waals surface area contributed by atoms with Gasteiger partial charge in [-0.3, -0.25) is 0 Å². The highest BCUT2D eigenvalue weighted by Crippen LogP contribution is 2.30. The van der Waals surface area contributed by atoms with E-state index in [1.807, 2.05) is 53.4 Å². The fourth-order valence-corrected chi connectivity index (χ4v) is 4.69. The first-order chi connectivity index (χ1) is 20.4. The van der Waals surface area contributed by atoms with Crippen molar-refractivity contribution in [2.24, 2.45) is 0 Å². The molecule has 0 spiro atoms. The third-order valence-electron chi connectivity index (χ3n) is 7.25. The van der Waals surface area contributed by atoms with Gasteiger partial charge in [-0.15, -0.1) is 0 Å².